The number of rotatable bonds is 5. The van der Waals surface area contributed by atoms with Gasteiger partial charge in [-0.1, -0.05) is 85.7 Å². The van der Waals surface area contributed by atoms with Gasteiger partial charge >= 0.3 is 0 Å². The van der Waals surface area contributed by atoms with E-state index in [0.29, 0.717) is 11.3 Å². The van der Waals surface area contributed by atoms with Crippen molar-refractivity contribution in [3.8, 4) is 11.1 Å². The number of fused-ring (bicyclic) bond motifs is 1. The predicted molar refractivity (Wildman–Crippen MR) is 139 cm³/mol. The van der Waals surface area contributed by atoms with Crippen LogP contribution in [0.15, 0.2) is 60.2 Å². The Kier molecular flexibility index (Phi) is 5.31. The van der Waals surface area contributed by atoms with Crippen LogP contribution in [-0.2, 0) is 12.8 Å². The molecule has 0 bridgehead atoms. The fraction of sp³-hybridized carbons (Fsp3) is 0.438. The highest BCUT2D eigenvalue weighted by atomic mass is 14.4. The first-order valence-electron chi connectivity index (χ1n) is 12.5. The van der Waals surface area contributed by atoms with Crippen LogP contribution in [0, 0.1) is 31.1 Å². The Morgan fingerprint density at radius 2 is 1.66 bits per heavy atom. The van der Waals surface area contributed by atoms with Crippen molar-refractivity contribution in [2.24, 2.45) is 17.3 Å². The van der Waals surface area contributed by atoms with Crippen LogP contribution in [0.2, 0.25) is 0 Å². The van der Waals surface area contributed by atoms with Crippen LogP contribution >= 0.6 is 0 Å². The Balaban J connectivity index is 1.46. The first kappa shape index (κ1) is 21.5. The zero-order chi connectivity index (χ0) is 22.6. The third-order valence-electron chi connectivity index (χ3n) is 8.28. The first-order chi connectivity index (χ1) is 15.2. The molecule has 0 atom stereocenters. The van der Waals surface area contributed by atoms with Crippen LogP contribution in [0.1, 0.15) is 73.8 Å². The van der Waals surface area contributed by atoms with Crippen molar-refractivity contribution in [3.05, 3.63) is 88.0 Å². The van der Waals surface area contributed by atoms with Crippen molar-refractivity contribution in [2.45, 2.75) is 72.6 Å². The molecule has 2 fully saturated rings. The molecule has 2 aromatic rings. The molecule has 32 heavy (non-hydrogen) atoms. The van der Waals surface area contributed by atoms with Gasteiger partial charge in [0.1, 0.15) is 0 Å². The quantitative estimate of drug-likeness (QED) is 0.422. The van der Waals surface area contributed by atoms with E-state index in [1.807, 2.05) is 0 Å². The van der Waals surface area contributed by atoms with E-state index in [1.54, 1.807) is 11.1 Å². The Bertz CT molecular complexity index is 1110. The van der Waals surface area contributed by atoms with Crippen LogP contribution < -0.4 is 0 Å². The lowest BCUT2D eigenvalue weighted by atomic mass is 9.62. The van der Waals surface area contributed by atoms with Gasteiger partial charge in [0.25, 0.3) is 0 Å². The summed E-state index contributed by atoms with van der Waals surface area (Å²) in [4.78, 5) is 0. The van der Waals surface area contributed by atoms with Crippen LogP contribution in [0.5, 0.6) is 0 Å². The molecule has 0 aliphatic heterocycles. The lowest BCUT2D eigenvalue weighted by molar-refractivity contribution is 0.0970. The molecule has 5 rings (SSSR count). The zero-order valence-electron chi connectivity index (χ0n) is 20.5. The van der Waals surface area contributed by atoms with Gasteiger partial charge in [0.15, 0.2) is 0 Å². The molecule has 0 radical (unpaired) electrons. The van der Waals surface area contributed by atoms with Gasteiger partial charge in [0.2, 0.25) is 0 Å². The van der Waals surface area contributed by atoms with Gasteiger partial charge < -0.3 is 0 Å². The maximum absolute atomic E-state index is 4.34. The summed E-state index contributed by atoms with van der Waals surface area (Å²) in [7, 11) is 0. The zero-order valence-corrected chi connectivity index (χ0v) is 20.5. The van der Waals surface area contributed by atoms with Crippen LogP contribution in [0.4, 0.5) is 0 Å². The highest BCUT2D eigenvalue weighted by molar-refractivity contribution is 5.80. The summed E-state index contributed by atoms with van der Waals surface area (Å²) in [5.41, 5.74) is 15.1. The number of benzene rings is 2. The second-order valence-electron chi connectivity index (χ2n) is 11.7. The van der Waals surface area contributed by atoms with E-state index in [-0.39, 0.29) is 0 Å². The smallest absolute Gasteiger partial charge is 0.00392 e. The molecule has 0 unspecified atom stereocenters. The SMILES string of the molecule is C=C1CCC(=C)C1CC1=Cc2cccc(-c3cc(C)cc(C)c3CC3CC(C)(C)C3)c2C1. The molecule has 3 aliphatic rings. The van der Waals surface area contributed by atoms with Crippen LogP contribution in [0.25, 0.3) is 17.2 Å². The minimum Gasteiger partial charge on any atom is -0.0992 e. The van der Waals surface area contributed by atoms with Gasteiger partial charge in [0.05, 0.1) is 0 Å². The fourth-order valence-corrected chi connectivity index (χ4v) is 6.77. The molecule has 2 saturated carbocycles. The Hall–Kier alpha value is -2.34. The number of aryl methyl sites for hydroxylation is 2. The van der Waals surface area contributed by atoms with Gasteiger partial charge in [-0.25, -0.2) is 0 Å². The molecule has 0 heterocycles. The van der Waals surface area contributed by atoms with Gasteiger partial charge in [-0.2, -0.15) is 0 Å². The van der Waals surface area contributed by atoms with E-state index in [4.69, 9.17) is 0 Å². The maximum atomic E-state index is 4.34. The Labute approximate surface area is 195 Å². The summed E-state index contributed by atoms with van der Waals surface area (Å²) in [6, 6.07) is 11.8. The van der Waals surface area contributed by atoms with E-state index in [2.05, 4.69) is 77.3 Å². The van der Waals surface area contributed by atoms with Crippen molar-refractivity contribution < 1.29 is 0 Å². The average molecular weight is 423 g/mol. The van der Waals surface area contributed by atoms with Crippen molar-refractivity contribution in [3.63, 3.8) is 0 Å². The summed E-state index contributed by atoms with van der Waals surface area (Å²) in [6.07, 6.45) is 10.8. The molecule has 2 aromatic carbocycles. The Morgan fingerprint density at radius 3 is 2.34 bits per heavy atom. The van der Waals surface area contributed by atoms with E-state index < -0.39 is 0 Å². The second-order valence-corrected chi connectivity index (χ2v) is 11.7. The van der Waals surface area contributed by atoms with Gasteiger partial charge in [-0.3, -0.25) is 0 Å². The molecular weight excluding hydrogens is 384 g/mol. The van der Waals surface area contributed by atoms with Crippen LogP contribution in [0.3, 0.4) is 0 Å². The average Bonchev–Trinajstić information content (AvgIpc) is 3.26. The summed E-state index contributed by atoms with van der Waals surface area (Å²) < 4.78 is 0. The second kappa shape index (κ2) is 7.91. The molecular formula is C32H38. The third-order valence-corrected chi connectivity index (χ3v) is 8.28. The molecule has 0 nitrogen and oxygen atoms in total. The van der Waals surface area contributed by atoms with E-state index in [1.165, 1.54) is 63.8 Å². The van der Waals surface area contributed by atoms with Crippen molar-refractivity contribution >= 4 is 6.08 Å². The predicted octanol–water partition coefficient (Wildman–Crippen LogP) is 8.80. The lowest BCUT2D eigenvalue weighted by Crippen LogP contribution is -2.33. The van der Waals surface area contributed by atoms with Crippen molar-refractivity contribution in [1.82, 2.24) is 0 Å². The van der Waals surface area contributed by atoms with Crippen molar-refractivity contribution in [2.75, 3.05) is 0 Å². The molecule has 0 aromatic heterocycles. The topological polar surface area (TPSA) is 0 Å². The maximum Gasteiger partial charge on any atom is 0.00392 e. The summed E-state index contributed by atoms with van der Waals surface area (Å²) in [5, 5.41) is 0. The lowest BCUT2D eigenvalue weighted by Gasteiger charge is -2.43. The molecule has 0 amide bonds. The molecule has 0 spiro atoms. The number of allylic oxidation sites excluding steroid dienone is 3. The highest BCUT2D eigenvalue weighted by Crippen LogP contribution is 2.48. The largest absolute Gasteiger partial charge is 0.0992 e. The van der Waals surface area contributed by atoms with Crippen molar-refractivity contribution in [1.29, 1.82) is 0 Å². The monoisotopic (exact) mass is 422 g/mol. The molecule has 3 aliphatic carbocycles. The van der Waals surface area contributed by atoms with E-state index in [9.17, 15) is 0 Å². The van der Waals surface area contributed by atoms with E-state index >= 15 is 0 Å². The summed E-state index contributed by atoms with van der Waals surface area (Å²) in [6.45, 7) is 18.1. The third kappa shape index (κ3) is 3.94. The molecule has 0 N–H and O–H groups in total. The molecule has 166 valence electrons. The number of hydrogen-bond donors (Lipinski definition) is 0. The minimum atomic E-state index is 0.484. The molecule has 0 heteroatoms. The fourth-order valence-electron chi connectivity index (χ4n) is 6.77. The highest BCUT2D eigenvalue weighted by Gasteiger charge is 2.36. The van der Waals surface area contributed by atoms with E-state index in [0.717, 1.165) is 31.6 Å². The summed E-state index contributed by atoms with van der Waals surface area (Å²) >= 11 is 0. The van der Waals surface area contributed by atoms with Gasteiger partial charge in [-0.05, 0) is 104 Å². The Morgan fingerprint density at radius 1 is 0.938 bits per heavy atom. The normalized spacial score (nSPS) is 20.4. The van der Waals surface area contributed by atoms with Gasteiger partial charge in [0, 0.05) is 5.92 Å². The summed E-state index contributed by atoms with van der Waals surface area (Å²) in [5.74, 6) is 1.31. The van der Waals surface area contributed by atoms with Crippen LogP contribution in [-0.4, -0.2) is 0 Å². The standard InChI is InChI=1S/C32H38/c1-20-12-23(4)29(17-25-18-32(5,6)19-25)31(13-20)27-9-7-8-26-14-24(16-30(26)27)15-28-21(2)10-11-22(28)3/h7-9,12-14,25,28H,2-3,10-11,15-19H2,1,4-6H3. The van der Waals surface area contributed by atoms with Gasteiger partial charge in [-0.15, -0.1) is 0 Å². The first-order valence-corrected chi connectivity index (χ1v) is 12.5. The number of hydrogen-bond acceptors (Lipinski definition) is 0. The molecule has 0 saturated heterocycles. The minimum absolute atomic E-state index is 0.484.